The van der Waals surface area contributed by atoms with E-state index in [1.807, 2.05) is 18.2 Å². The van der Waals surface area contributed by atoms with Crippen molar-refractivity contribution in [3.05, 3.63) is 35.9 Å². The number of rotatable bonds is 16. The van der Waals surface area contributed by atoms with Gasteiger partial charge in [-0.05, 0) is 19.1 Å². The lowest BCUT2D eigenvalue weighted by Gasteiger charge is -2.03. The van der Waals surface area contributed by atoms with Crippen molar-refractivity contribution in [3.63, 3.8) is 0 Å². The highest BCUT2D eigenvalue weighted by Crippen LogP contribution is 2.13. The van der Waals surface area contributed by atoms with Crippen LogP contribution < -0.4 is 0 Å². The third kappa shape index (κ3) is 21.6. The van der Waals surface area contributed by atoms with E-state index in [0.29, 0.717) is 0 Å². The Balaban J connectivity index is 0.000000735. The van der Waals surface area contributed by atoms with Gasteiger partial charge in [0.2, 0.25) is 0 Å². The monoisotopic (exact) mass is 378 g/mol. The van der Waals surface area contributed by atoms with Gasteiger partial charge in [0.15, 0.2) is 0 Å². The van der Waals surface area contributed by atoms with E-state index in [2.05, 4.69) is 38.6 Å². The van der Waals surface area contributed by atoms with Gasteiger partial charge in [-0.15, -0.1) is 0 Å². The zero-order valence-corrected chi connectivity index (χ0v) is 18.7. The maximum Gasteiger partial charge on any atom is -0.00979 e. The van der Waals surface area contributed by atoms with E-state index in [4.69, 9.17) is 0 Å². The van der Waals surface area contributed by atoms with Crippen molar-refractivity contribution in [2.45, 2.75) is 117 Å². The van der Waals surface area contributed by atoms with Crippen LogP contribution in [0.1, 0.15) is 115 Å². The number of hydrogen-bond donors (Lipinski definition) is 1. The van der Waals surface area contributed by atoms with E-state index in [1.165, 1.54) is 108 Å². The van der Waals surface area contributed by atoms with Gasteiger partial charge in [-0.25, -0.2) is 0 Å². The highest BCUT2D eigenvalue weighted by atomic mass is 32.1. The molecule has 1 aromatic carbocycles. The van der Waals surface area contributed by atoms with Gasteiger partial charge in [-0.2, -0.15) is 12.6 Å². The lowest BCUT2D eigenvalue weighted by Crippen LogP contribution is -1.83. The summed E-state index contributed by atoms with van der Waals surface area (Å²) in [5.41, 5.74) is 1.32. The van der Waals surface area contributed by atoms with Crippen LogP contribution in [0.15, 0.2) is 30.3 Å². The molecule has 0 aliphatic heterocycles. The smallest absolute Gasteiger partial charge is 0.00979 e. The standard InChI is InChI=1S/C18H38S.C7H8/c1-2-3-4-5-6-7-8-9-10-11-12-13-14-15-16-17-18-19;1-7-5-3-2-4-6-7/h19H,2-18H2,1H3;2-6H,1H3. The second-order valence-corrected chi connectivity index (χ2v) is 8.13. The number of hydrogen-bond acceptors (Lipinski definition) is 1. The highest BCUT2D eigenvalue weighted by molar-refractivity contribution is 7.80. The fourth-order valence-electron chi connectivity index (χ4n) is 3.19. The van der Waals surface area contributed by atoms with Gasteiger partial charge in [-0.3, -0.25) is 0 Å². The van der Waals surface area contributed by atoms with Crippen LogP contribution in [0.2, 0.25) is 0 Å². The van der Waals surface area contributed by atoms with Gasteiger partial charge in [0, 0.05) is 0 Å². The molecule has 152 valence electrons. The first-order chi connectivity index (χ1) is 12.8. The molecule has 0 N–H and O–H groups in total. The minimum atomic E-state index is 1.07. The zero-order chi connectivity index (χ0) is 19.1. The number of aryl methyl sites for hydroxylation is 1. The summed E-state index contributed by atoms with van der Waals surface area (Å²) in [5, 5.41) is 0. The Hall–Kier alpha value is -0.430. The summed E-state index contributed by atoms with van der Waals surface area (Å²) in [4.78, 5) is 0. The molecular weight excluding hydrogens is 332 g/mol. The normalized spacial score (nSPS) is 10.4. The molecule has 0 atom stereocenters. The molecule has 0 heterocycles. The lowest BCUT2D eigenvalue weighted by atomic mass is 10.0. The molecule has 0 unspecified atom stereocenters. The Kier molecular flexibility index (Phi) is 22.2. The van der Waals surface area contributed by atoms with Crippen molar-refractivity contribution in [2.75, 3.05) is 5.75 Å². The number of benzene rings is 1. The fraction of sp³-hybridized carbons (Fsp3) is 0.760. The maximum atomic E-state index is 4.24. The van der Waals surface area contributed by atoms with Gasteiger partial charge in [0.25, 0.3) is 0 Å². The Bertz CT molecular complexity index is 330. The summed E-state index contributed by atoms with van der Waals surface area (Å²) < 4.78 is 0. The van der Waals surface area contributed by atoms with Crippen LogP contribution in [0.3, 0.4) is 0 Å². The molecule has 0 saturated heterocycles. The Labute approximate surface area is 171 Å². The van der Waals surface area contributed by atoms with E-state index in [-0.39, 0.29) is 0 Å². The van der Waals surface area contributed by atoms with E-state index in [9.17, 15) is 0 Å². The summed E-state index contributed by atoms with van der Waals surface area (Å²) in [6, 6.07) is 10.3. The van der Waals surface area contributed by atoms with E-state index in [0.717, 1.165) is 5.75 Å². The topological polar surface area (TPSA) is 0 Å². The Morgan fingerprint density at radius 2 is 0.885 bits per heavy atom. The number of unbranched alkanes of at least 4 members (excludes halogenated alkanes) is 15. The third-order valence-electron chi connectivity index (χ3n) is 4.95. The van der Waals surface area contributed by atoms with Gasteiger partial charge in [-0.1, -0.05) is 139 Å². The lowest BCUT2D eigenvalue weighted by molar-refractivity contribution is 0.532. The summed E-state index contributed by atoms with van der Waals surface area (Å²) in [5.74, 6) is 1.07. The van der Waals surface area contributed by atoms with Crippen molar-refractivity contribution < 1.29 is 0 Å². The van der Waals surface area contributed by atoms with Crippen LogP contribution in [-0.4, -0.2) is 5.75 Å². The molecule has 1 rings (SSSR count). The first-order valence-electron chi connectivity index (χ1n) is 11.4. The van der Waals surface area contributed by atoms with Crippen molar-refractivity contribution in [1.82, 2.24) is 0 Å². The molecule has 1 aromatic rings. The molecule has 0 aliphatic carbocycles. The molecule has 0 radical (unpaired) electrons. The van der Waals surface area contributed by atoms with Crippen molar-refractivity contribution in [3.8, 4) is 0 Å². The number of thiol groups is 1. The van der Waals surface area contributed by atoms with Crippen LogP contribution in [0.4, 0.5) is 0 Å². The zero-order valence-electron chi connectivity index (χ0n) is 17.9. The molecule has 1 heteroatoms. The molecule has 0 aromatic heterocycles. The Morgan fingerprint density at radius 1 is 0.538 bits per heavy atom. The molecule has 0 nitrogen and oxygen atoms in total. The molecule has 0 fully saturated rings. The fourth-order valence-corrected chi connectivity index (χ4v) is 3.42. The van der Waals surface area contributed by atoms with E-state index < -0.39 is 0 Å². The average Bonchev–Trinajstić information content (AvgIpc) is 2.66. The summed E-state index contributed by atoms with van der Waals surface area (Å²) in [7, 11) is 0. The molecule has 26 heavy (non-hydrogen) atoms. The first kappa shape index (κ1) is 25.6. The summed E-state index contributed by atoms with van der Waals surface area (Å²) in [6.45, 7) is 4.38. The summed E-state index contributed by atoms with van der Waals surface area (Å²) >= 11 is 4.24. The largest absolute Gasteiger partial charge is 0.179 e. The second-order valence-electron chi connectivity index (χ2n) is 7.68. The van der Waals surface area contributed by atoms with Crippen LogP contribution >= 0.6 is 12.6 Å². The molecular formula is C25H46S. The third-order valence-corrected chi connectivity index (χ3v) is 5.27. The quantitative estimate of drug-likeness (QED) is 0.215. The van der Waals surface area contributed by atoms with Crippen LogP contribution in [0.25, 0.3) is 0 Å². The van der Waals surface area contributed by atoms with Gasteiger partial charge in [0.1, 0.15) is 0 Å². The van der Waals surface area contributed by atoms with Crippen LogP contribution in [-0.2, 0) is 0 Å². The molecule has 0 aliphatic rings. The Morgan fingerprint density at radius 3 is 1.15 bits per heavy atom. The van der Waals surface area contributed by atoms with Crippen LogP contribution in [0, 0.1) is 6.92 Å². The first-order valence-corrected chi connectivity index (χ1v) is 12.1. The second kappa shape index (κ2) is 22.6. The van der Waals surface area contributed by atoms with Crippen molar-refractivity contribution in [1.29, 1.82) is 0 Å². The molecule has 0 saturated carbocycles. The predicted molar refractivity (Wildman–Crippen MR) is 125 cm³/mol. The van der Waals surface area contributed by atoms with Gasteiger partial charge >= 0.3 is 0 Å². The SMILES string of the molecule is CCCCCCCCCCCCCCCCCCS.Cc1ccccc1. The van der Waals surface area contributed by atoms with Gasteiger partial charge in [0.05, 0.1) is 0 Å². The predicted octanol–water partition coefficient (Wildman–Crippen LogP) is 9.17. The summed E-state index contributed by atoms with van der Waals surface area (Å²) in [6.07, 6.45) is 23.1. The highest BCUT2D eigenvalue weighted by Gasteiger charge is 1.94. The van der Waals surface area contributed by atoms with E-state index >= 15 is 0 Å². The van der Waals surface area contributed by atoms with Crippen molar-refractivity contribution in [2.24, 2.45) is 0 Å². The minimum Gasteiger partial charge on any atom is -0.179 e. The van der Waals surface area contributed by atoms with Crippen molar-refractivity contribution >= 4 is 12.6 Å². The molecule has 0 bridgehead atoms. The minimum absolute atomic E-state index is 1.07. The molecule has 0 spiro atoms. The average molecular weight is 379 g/mol. The van der Waals surface area contributed by atoms with Gasteiger partial charge < -0.3 is 0 Å². The molecule has 0 amide bonds. The van der Waals surface area contributed by atoms with Crippen LogP contribution in [0.5, 0.6) is 0 Å². The van der Waals surface area contributed by atoms with E-state index in [1.54, 1.807) is 0 Å². The maximum absolute atomic E-state index is 4.24.